The summed E-state index contributed by atoms with van der Waals surface area (Å²) in [5.74, 6) is 0.409. The molecule has 0 aromatic carbocycles. The smallest absolute Gasteiger partial charge is 0.329 e. The average molecular weight is 270 g/mol. The van der Waals surface area contributed by atoms with Crippen LogP contribution in [0, 0.1) is 5.92 Å². The molecule has 106 valence electrons. The number of carbonyl (C=O) groups is 1. The van der Waals surface area contributed by atoms with Crippen LogP contribution < -0.4 is 0 Å². The van der Waals surface area contributed by atoms with Gasteiger partial charge in [-0.2, -0.15) is 0 Å². The molecule has 1 aromatic rings. The summed E-state index contributed by atoms with van der Waals surface area (Å²) in [4.78, 5) is 10.3. The van der Waals surface area contributed by atoms with Crippen molar-refractivity contribution in [3.63, 3.8) is 0 Å². The predicted octanol–water partition coefficient (Wildman–Crippen LogP) is 1.03. The fourth-order valence-corrected chi connectivity index (χ4v) is 2.11. The monoisotopic (exact) mass is 270 g/mol. The highest BCUT2D eigenvalue weighted by molar-refractivity contribution is 5.67. The number of aromatic nitrogens is 2. The Labute approximate surface area is 110 Å². The molecule has 0 atom stereocenters. The van der Waals surface area contributed by atoms with Gasteiger partial charge in [0, 0.05) is 13.0 Å². The topological polar surface area (TPSA) is 94.7 Å². The van der Waals surface area contributed by atoms with E-state index >= 15 is 0 Å². The molecule has 7 nitrogen and oxygen atoms in total. The second-order valence-electron chi connectivity index (χ2n) is 4.59. The molecule has 1 aliphatic rings. The van der Waals surface area contributed by atoms with Crippen LogP contribution in [0.2, 0.25) is 0 Å². The Kier molecular flexibility index (Phi) is 4.86. The molecule has 0 bridgehead atoms. The fourth-order valence-electron chi connectivity index (χ4n) is 2.11. The van der Waals surface area contributed by atoms with Crippen LogP contribution in [0.5, 0.6) is 0 Å². The van der Waals surface area contributed by atoms with E-state index in [1.165, 1.54) is 0 Å². The Balaban J connectivity index is 1.68. The van der Waals surface area contributed by atoms with E-state index < -0.39 is 5.97 Å². The Morgan fingerprint density at radius 3 is 2.84 bits per heavy atom. The maximum absolute atomic E-state index is 10.3. The molecule has 1 aliphatic carbocycles. The summed E-state index contributed by atoms with van der Waals surface area (Å²) in [6.45, 7) is 2.42. The summed E-state index contributed by atoms with van der Waals surface area (Å²) in [6, 6.07) is 0. The molecule has 1 aromatic heterocycles. The molecule has 1 N–H and O–H groups in total. The van der Waals surface area contributed by atoms with Gasteiger partial charge < -0.3 is 19.0 Å². The van der Waals surface area contributed by atoms with Crippen molar-refractivity contribution in [2.45, 2.75) is 38.9 Å². The van der Waals surface area contributed by atoms with Crippen molar-refractivity contribution in [3.05, 3.63) is 11.8 Å². The van der Waals surface area contributed by atoms with Crippen molar-refractivity contribution in [2.75, 3.05) is 13.2 Å². The summed E-state index contributed by atoms with van der Waals surface area (Å²) in [7, 11) is 0. The third kappa shape index (κ3) is 4.29. The summed E-state index contributed by atoms with van der Waals surface area (Å²) in [6.07, 6.45) is 3.17. The third-order valence-electron chi connectivity index (χ3n) is 3.02. The highest BCUT2D eigenvalue weighted by atomic mass is 16.5. The van der Waals surface area contributed by atoms with Crippen LogP contribution in [0.25, 0.3) is 0 Å². The van der Waals surface area contributed by atoms with Gasteiger partial charge >= 0.3 is 5.97 Å². The first kappa shape index (κ1) is 14.0. The van der Waals surface area contributed by atoms with Crippen LogP contribution in [0.3, 0.4) is 0 Å². The highest BCUT2D eigenvalue weighted by Crippen LogP contribution is 2.32. The van der Waals surface area contributed by atoms with Gasteiger partial charge in [0.15, 0.2) is 0 Å². The van der Waals surface area contributed by atoms with Crippen LogP contribution >= 0.6 is 0 Å². The van der Waals surface area contributed by atoms with E-state index in [4.69, 9.17) is 19.0 Å². The van der Waals surface area contributed by atoms with Crippen LogP contribution in [0.15, 0.2) is 4.42 Å². The predicted molar refractivity (Wildman–Crippen MR) is 63.4 cm³/mol. The maximum atomic E-state index is 10.3. The van der Waals surface area contributed by atoms with Gasteiger partial charge in [0.05, 0.1) is 6.10 Å². The molecule has 0 amide bonds. The number of nitrogens with zero attached hydrogens (tertiary/aromatic N) is 2. The zero-order valence-electron chi connectivity index (χ0n) is 10.9. The maximum Gasteiger partial charge on any atom is 0.329 e. The summed E-state index contributed by atoms with van der Waals surface area (Å²) in [5.41, 5.74) is 0. The first-order chi connectivity index (χ1) is 9.17. The first-order valence-corrected chi connectivity index (χ1v) is 6.39. The second kappa shape index (κ2) is 6.63. The fraction of sp³-hybridized carbons (Fsp3) is 0.750. The molecule has 7 heteroatoms. The van der Waals surface area contributed by atoms with Gasteiger partial charge in [-0.1, -0.05) is 0 Å². The van der Waals surface area contributed by atoms with Gasteiger partial charge in [0.25, 0.3) is 0 Å². The van der Waals surface area contributed by atoms with Gasteiger partial charge in [-0.15, -0.1) is 10.2 Å². The summed E-state index contributed by atoms with van der Waals surface area (Å²) < 4.78 is 15.7. The molecule has 19 heavy (non-hydrogen) atoms. The molecule has 1 fully saturated rings. The summed E-state index contributed by atoms with van der Waals surface area (Å²) in [5, 5.41) is 16.2. The molecule has 0 aliphatic heterocycles. The van der Waals surface area contributed by atoms with E-state index in [0.717, 1.165) is 25.9 Å². The zero-order valence-corrected chi connectivity index (χ0v) is 10.9. The zero-order chi connectivity index (χ0) is 13.7. The van der Waals surface area contributed by atoms with Gasteiger partial charge in [0.2, 0.25) is 11.8 Å². The lowest BCUT2D eigenvalue weighted by Gasteiger charge is -2.33. The molecular weight excluding hydrogens is 252 g/mol. The quantitative estimate of drug-likeness (QED) is 0.753. The number of carboxylic acid groups (broad SMARTS) is 1. The van der Waals surface area contributed by atoms with E-state index in [2.05, 4.69) is 10.2 Å². The highest BCUT2D eigenvalue weighted by Gasteiger charge is 2.30. The molecule has 0 saturated heterocycles. The summed E-state index contributed by atoms with van der Waals surface area (Å²) >= 11 is 0. The Hall–Kier alpha value is -1.47. The van der Waals surface area contributed by atoms with E-state index in [9.17, 15) is 4.79 Å². The Morgan fingerprint density at radius 2 is 2.16 bits per heavy atom. The minimum atomic E-state index is -1.02. The molecule has 0 radical (unpaired) electrons. The first-order valence-electron chi connectivity index (χ1n) is 6.39. The number of ether oxygens (including phenoxy) is 2. The van der Waals surface area contributed by atoms with Crippen molar-refractivity contribution < 1.29 is 23.8 Å². The molecule has 0 spiro atoms. The third-order valence-corrected chi connectivity index (χ3v) is 3.02. The van der Waals surface area contributed by atoms with E-state index in [1.807, 2.05) is 6.92 Å². The number of carboxylic acids is 1. The lowest BCUT2D eigenvalue weighted by molar-refractivity contribution is -0.142. The van der Waals surface area contributed by atoms with Crippen molar-refractivity contribution in [1.29, 1.82) is 0 Å². The van der Waals surface area contributed by atoms with Gasteiger partial charge in [-0.25, -0.2) is 4.79 Å². The molecule has 1 heterocycles. The Morgan fingerprint density at radius 1 is 1.42 bits per heavy atom. The number of hydrogen-bond acceptors (Lipinski definition) is 6. The van der Waals surface area contributed by atoms with E-state index in [0.29, 0.717) is 23.8 Å². The van der Waals surface area contributed by atoms with Crippen molar-refractivity contribution in [3.8, 4) is 0 Å². The van der Waals surface area contributed by atoms with Gasteiger partial charge in [-0.05, 0) is 25.7 Å². The molecular formula is C12H18N2O5. The van der Waals surface area contributed by atoms with Crippen LogP contribution in [0.4, 0.5) is 0 Å². The largest absolute Gasteiger partial charge is 0.480 e. The molecule has 1 saturated carbocycles. The average Bonchev–Trinajstić information content (AvgIpc) is 2.74. The van der Waals surface area contributed by atoms with E-state index in [1.54, 1.807) is 0 Å². The van der Waals surface area contributed by atoms with Crippen molar-refractivity contribution in [1.82, 2.24) is 10.2 Å². The van der Waals surface area contributed by atoms with Gasteiger partial charge in [0.1, 0.15) is 13.2 Å². The number of hydrogen-bond donors (Lipinski definition) is 1. The minimum Gasteiger partial charge on any atom is -0.480 e. The molecule has 0 unspecified atom stereocenters. The van der Waals surface area contributed by atoms with Crippen LogP contribution in [-0.4, -0.2) is 40.6 Å². The molecule has 2 rings (SSSR count). The Bertz CT molecular complexity index is 414. The minimum absolute atomic E-state index is 0.0333. The van der Waals surface area contributed by atoms with Crippen LogP contribution in [-0.2, 0) is 27.3 Å². The van der Waals surface area contributed by atoms with Crippen molar-refractivity contribution in [2.24, 2.45) is 5.92 Å². The van der Waals surface area contributed by atoms with Crippen LogP contribution in [0.1, 0.15) is 31.5 Å². The number of rotatable bonds is 8. The van der Waals surface area contributed by atoms with Gasteiger partial charge in [-0.3, -0.25) is 0 Å². The SMILES string of the molecule is CCOC1CC(Cc2nnc(COCC(=O)O)o2)C1. The normalized spacial score (nSPS) is 22.2. The lowest BCUT2D eigenvalue weighted by atomic mass is 9.80. The van der Waals surface area contributed by atoms with E-state index in [-0.39, 0.29) is 13.2 Å². The second-order valence-corrected chi connectivity index (χ2v) is 4.59. The number of aliphatic carboxylic acids is 1. The standard InChI is InChI=1S/C12H18N2O5/c1-2-18-9-3-8(4-9)5-10-13-14-11(19-10)6-17-7-12(15)16/h8-9H,2-7H2,1H3,(H,15,16). The van der Waals surface area contributed by atoms with Crippen molar-refractivity contribution >= 4 is 5.97 Å². The lowest BCUT2D eigenvalue weighted by Crippen LogP contribution is -2.32.